The van der Waals surface area contributed by atoms with Gasteiger partial charge in [0.1, 0.15) is 0 Å². The number of imidazole rings is 1. The monoisotopic (exact) mass is 237 g/mol. The summed E-state index contributed by atoms with van der Waals surface area (Å²) in [6, 6.07) is 0. The smallest absolute Gasteiger partial charge is 0.222 e. The van der Waals surface area contributed by atoms with Crippen LogP contribution in [0.5, 0.6) is 0 Å². The SMILES string of the molecule is Cc1cn2c(CCC(=O)N(C)C)csc2n1. The zero-order valence-electron chi connectivity index (χ0n) is 9.73. The predicted molar refractivity (Wildman–Crippen MR) is 64.8 cm³/mol. The zero-order chi connectivity index (χ0) is 11.7. The van der Waals surface area contributed by atoms with Crippen LogP contribution in [-0.4, -0.2) is 34.3 Å². The number of fused-ring (bicyclic) bond motifs is 1. The second-order valence-electron chi connectivity index (χ2n) is 4.05. The topological polar surface area (TPSA) is 37.6 Å². The second-order valence-corrected chi connectivity index (χ2v) is 4.89. The van der Waals surface area contributed by atoms with E-state index in [9.17, 15) is 4.79 Å². The molecule has 0 aliphatic heterocycles. The van der Waals surface area contributed by atoms with Crippen LogP contribution in [0.15, 0.2) is 11.6 Å². The molecule has 0 aliphatic carbocycles. The van der Waals surface area contributed by atoms with E-state index in [0.29, 0.717) is 6.42 Å². The molecule has 86 valence electrons. The van der Waals surface area contributed by atoms with Crippen LogP contribution in [0.3, 0.4) is 0 Å². The highest BCUT2D eigenvalue weighted by Gasteiger charge is 2.09. The molecule has 4 nitrogen and oxygen atoms in total. The summed E-state index contributed by atoms with van der Waals surface area (Å²) in [7, 11) is 3.57. The van der Waals surface area contributed by atoms with E-state index in [1.165, 1.54) is 0 Å². The third-order valence-electron chi connectivity index (χ3n) is 2.50. The van der Waals surface area contributed by atoms with Gasteiger partial charge < -0.3 is 4.90 Å². The molecule has 0 spiro atoms. The van der Waals surface area contributed by atoms with Gasteiger partial charge in [0.05, 0.1) is 5.69 Å². The molecule has 0 aromatic carbocycles. The van der Waals surface area contributed by atoms with E-state index in [4.69, 9.17) is 0 Å². The highest BCUT2D eigenvalue weighted by molar-refractivity contribution is 7.15. The molecular formula is C11H15N3OS. The van der Waals surface area contributed by atoms with Gasteiger partial charge in [-0.05, 0) is 13.3 Å². The lowest BCUT2D eigenvalue weighted by Gasteiger charge is -2.09. The van der Waals surface area contributed by atoms with Crippen LogP contribution in [0.4, 0.5) is 0 Å². The molecule has 0 N–H and O–H groups in total. The van der Waals surface area contributed by atoms with Gasteiger partial charge in [-0.25, -0.2) is 4.98 Å². The Hall–Kier alpha value is -1.36. The molecule has 0 unspecified atom stereocenters. The largest absolute Gasteiger partial charge is 0.349 e. The van der Waals surface area contributed by atoms with Crippen molar-refractivity contribution >= 4 is 22.2 Å². The minimum atomic E-state index is 0.163. The molecule has 0 bridgehead atoms. The van der Waals surface area contributed by atoms with Crippen molar-refractivity contribution in [1.82, 2.24) is 14.3 Å². The fourth-order valence-electron chi connectivity index (χ4n) is 1.58. The maximum Gasteiger partial charge on any atom is 0.222 e. The van der Waals surface area contributed by atoms with Gasteiger partial charge in [-0.3, -0.25) is 9.20 Å². The predicted octanol–water partition coefficient (Wildman–Crippen LogP) is 1.73. The number of hydrogen-bond donors (Lipinski definition) is 0. The van der Waals surface area contributed by atoms with Gasteiger partial charge in [-0.2, -0.15) is 0 Å². The Morgan fingerprint density at radius 1 is 1.56 bits per heavy atom. The van der Waals surface area contributed by atoms with Crippen LogP contribution in [-0.2, 0) is 11.2 Å². The zero-order valence-corrected chi connectivity index (χ0v) is 10.5. The number of aryl methyl sites for hydroxylation is 2. The third-order valence-corrected chi connectivity index (χ3v) is 3.39. The Morgan fingerprint density at radius 3 is 3.00 bits per heavy atom. The molecule has 0 atom stereocenters. The van der Waals surface area contributed by atoms with Gasteiger partial charge in [-0.1, -0.05) is 0 Å². The fraction of sp³-hybridized carbons (Fsp3) is 0.455. The Morgan fingerprint density at radius 2 is 2.31 bits per heavy atom. The van der Waals surface area contributed by atoms with Crippen molar-refractivity contribution in [1.29, 1.82) is 0 Å². The summed E-state index contributed by atoms with van der Waals surface area (Å²) in [6.07, 6.45) is 3.34. The van der Waals surface area contributed by atoms with Crippen molar-refractivity contribution in [2.75, 3.05) is 14.1 Å². The first-order valence-electron chi connectivity index (χ1n) is 5.20. The molecule has 1 amide bonds. The third kappa shape index (κ3) is 2.09. The molecule has 16 heavy (non-hydrogen) atoms. The van der Waals surface area contributed by atoms with E-state index in [-0.39, 0.29) is 5.91 Å². The van der Waals surface area contributed by atoms with Gasteiger partial charge in [-0.15, -0.1) is 11.3 Å². The van der Waals surface area contributed by atoms with Crippen LogP contribution in [0.25, 0.3) is 4.96 Å². The van der Waals surface area contributed by atoms with Crippen molar-refractivity contribution in [2.45, 2.75) is 19.8 Å². The molecule has 2 heterocycles. The second kappa shape index (κ2) is 4.25. The maximum absolute atomic E-state index is 11.5. The average Bonchev–Trinajstić information content (AvgIpc) is 2.73. The number of rotatable bonds is 3. The maximum atomic E-state index is 11.5. The average molecular weight is 237 g/mol. The van der Waals surface area contributed by atoms with E-state index in [0.717, 1.165) is 22.8 Å². The Balaban J connectivity index is 2.12. The van der Waals surface area contributed by atoms with Crippen LogP contribution < -0.4 is 0 Å². The van der Waals surface area contributed by atoms with Gasteiger partial charge in [0.2, 0.25) is 5.91 Å². The quantitative estimate of drug-likeness (QED) is 0.815. The Kier molecular flexibility index (Phi) is 2.96. The van der Waals surface area contributed by atoms with Gasteiger partial charge in [0, 0.05) is 37.8 Å². The first-order chi connectivity index (χ1) is 7.58. The van der Waals surface area contributed by atoms with Crippen molar-refractivity contribution in [2.24, 2.45) is 0 Å². The number of aromatic nitrogens is 2. The minimum absolute atomic E-state index is 0.163. The van der Waals surface area contributed by atoms with E-state index in [2.05, 4.69) is 14.8 Å². The van der Waals surface area contributed by atoms with E-state index in [1.807, 2.05) is 13.1 Å². The number of hydrogen-bond acceptors (Lipinski definition) is 3. The summed E-state index contributed by atoms with van der Waals surface area (Å²) < 4.78 is 2.07. The molecule has 2 aromatic rings. The lowest BCUT2D eigenvalue weighted by molar-refractivity contribution is -0.128. The number of amides is 1. The summed E-state index contributed by atoms with van der Waals surface area (Å²) in [5.41, 5.74) is 2.18. The highest BCUT2D eigenvalue weighted by atomic mass is 32.1. The van der Waals surface area contributed by atoms with Crippen molar-refractivity contribution < 1.29 is 4.79 Å². The Bertz CT molecular complexity index is 512. The first-order valence-corrected chi connectivity index (χ1v) is 6.08. The van der Waals surface area contributed by atoms with E-state index in [1.54, 1.807) is 30.3 Å². The van der Waals surface area contributed by atoms with Crippen LogP contribution >= 0.6 is 11.3 Å². The number of carbonyl (C=O) groups excluding carboxylic acids is 1. The summed E-state index contributed by atoms with van der Waals surface area (Å²) >= 11 is 1.62. The number of nitrogens with zero attached hydrogens (tertiary/aromatic N) is 3. The standard InChI is InChI=1S/C11H15N3OS/c1-8-6-14-9(7-16-11(14)12-8)4-5-10(15)13(2)3/h6-7H,4-5H2,1-3H3. The first kappa shape index (κ1) is 11.1. The van der Waals surface area contributed by atoms with Crippen LogP contribution in [0.2, 0.25) is 0 Å². The van der Waals surface area contributed by atoms with Gasteiger partial charge >= 0.3 is 0 Å². The number of carbonyl (C=O) groups is 1. The summed E-state index contributed by atoms with van der Waals surface area (Å²) in [4.78, 5) is 18.5. The van der Waals surface area contributed by atoms with Crippen LogP contribution in [0, 0.1) is 6.92 Å². The molecular weight excluding hydrogens is 222 g/mol. The lowest BCUT2D eigenvalue weighted by atomic mass is 10.2. The molecule has 2 rings (SSSR count). The lowest BCUT2D eigenvalue weighted by Crippen LogP contribution is -2.21. The summed E-state index contributed by atoms with van der Waals surface area (Å²) in [6.45, 7) is 1.98. The van der Waals surface area contributed by atoms with Gasteiger partial charge in [0.15, 0.2) is 4.96 Å². The van der Waals surface area contributed by atoms with E-state index < -0.39 is 0 Å². The normalized spacial score (nSPS) is 10.9. The van der Waals surface area contributed by atoms with E-state index >= 15 is 0 Å². The van der Waals surface area contributed by atoms with Crippen molar-refractivity contribution in [3.05, 3.63) is 23.0 Å². The van der Waals surface area contributed by atoms with Crippen LogP contribution in [0.1, 0.15) is 17.8 Å². The van der Waals surface area contributed by atoms with Crippen molar-refractivity contribution in [3.63, 3.8) is 0 Å². The molecule has 0 aliphatic rings. The Labute approximate surface area is 98.5 Å². The molecule has 5 heteroatoms. The van der Waals surface area contributed by atoms with Gasteiger partial charge in [0.25, 0.3) is 0 Å². The molecule has 0 saturated carbocycles. The number of thiazole rings is 1. The summed E-state index contributed by atoms with van der Waals surface area (Å²) in [5.74, 6) is 0.163. The fourth-order valence-corrected chi connectivity index (χ4v) is 2.53. The molecule has 2 aromatic heterocycles. The molecule has 0 fully saturated rings. The summed E-state index contributed by atoms with van der Waals surface area (Å²) in [5, 5.41) is 2.07. The molecule has 0 saturated heterocycles. The highest BCUT2D eigenvalue weighted by Crippen LogP contribution is 2.17. The van der Waals surface area contributed by atoms with Crippen molar-refractivity contribution in [3.8, 4) is 0 Å². The molecule has 0 radical (unpaired) electrons. The minimum Gasteiger partial charge on any atom is -0.349 e.